The summed E-state index contributed by atoms with van der Waals surface area (Å²) < 4.78 is 13.6. The van der Waals surface area contributed by atoms with Gasteiger partial charge < -0.3 is 15.0 Å². The Hall–Kier alpha value is -1.88. The third-order valence-electron chi connectivity index (χ3n) is 3.65. The Morgan fingerprint density at radius 2 is 2.26 bits per heavy atom. The van der Waals surface area contributed by atoms with Gasteiger partial charge in [-0.1, -0.05) is 12.1 Å². The number of likely N-dealkylation sites (tertiary alicyclic amines) is 1. The van der Waals surface area contributed by atoms with Crippen LogP contribution >= 0.6 is 0 Å². The number of hydrogen-bond donors (Lipinski definition) is 2. The number of para-hydroxylation sites is 1. The van der Waals surface area contributed by atoms with Gasteiger partial charge in [0.1, 0.15) is 5.82 Å². The van der Waals surface area contributed by atoms with Crippen LogP contribution in [0, 0.1) is 12.7 Å². The lowest BCUT2D eigenvalue weighted by Crippen LogP contribution is -2.53. The molecule has 1 amide bonds. The number of benzene rings is 1. The van der Waals surface area contributed by atoms with E-state index >= 15 is 0 Å². The van der Waals surface area contributed by atoms with Crippen LogP contribution in [-0.2, 0) is 11.2 Å². The number of aliphatic hydroxyl groups excluding tert-OH is 1. The molecule has 0 unspecified atom stereocenters. The van der Waals surface area contributed by atoms with E-state index in [4.69, 9.17) is 0 Å². The van der Waals surface area contributed by atoms with Crippen LogP contribution in [0.2, 0.25) is 0 Å². The molecule has 2 aromatic rings. The van der Waals surface area contributed by atoms with Gasteiger partial charge >= 0.3 is 0 Å². The van der Waals surface area contributed by atoms with Crippen molar-refractivity contribution in [1.29, 1.82) is 0 Å². The minimum absolute atomic E-state index is 0.0291. The maximum atomic E-state index is 13.6. The lowest BCUT2D eigenvalue weighted by molar-refractivity contribution is -0.140. The predicted octanol–water partition coefficient (Wildman–Crippen LogP) is 1.36. The highest BCUT2D eigenvalue weighted by Gasteiger charge is 2.29. The summed E-state index contributed by atoms with van der Waals surface area (Å²) in [6, 6.07) is 4.86. The first-order valence-electron chi connectivity index (χ1n) is 6.27. The first kappa shape index (κ1) is 12.2. The summed E-state index contributed by atoms with van der Waals surface area (Å²) in [6.07, 6.45) is -0.160. The normalized spacial score (nSPS) is 15.8. The molecule has 1 aliphatic heterocycles. The summed E-state index contributed by atoms with van der Waals surface area (Å²) in [5, 5.41) is 9.96. The first-order valence-corrected chi connectivity index (χ1v) is 6.27. The largest absolute Gasteiger partial charge is 0.389 e. The summed E-state index contributed by atoms with van der Waals surface area (Å²) in [7, 11) is 0. The summed E-state index contributed by atoms with van der Waals surface area (Å²) in [5.74, 6) is -0.336. The second-order valence-electron chi connectivity index (χ2n) is 5.02. The third-order valence-corrected chi connectivity index (χ3v) is 3.65. The van der Waals surface area contributed by atoms with Crippen LogP contribution in [0.1, 0.15) is 11.3 Å². The van der Waals surface area contributed by atoms with Gasteiger partial charge in [-0.25, -0.2) is 4.39 Å². The van der Waals surface area contributed by atoms with Crippen LogP contribution < -0.4 is 0 Å². The molecule has 0 atom stereocenters. The van der Waals surface area contributed by atoms with E-state index in [2.05, 4.69) is 4.98 Å². The van der Waals surface area contributed by atoms with Crippen LogP contribution in [0.25, 0.3) is 10.9 Å². The van der Waals surface area contributed by atoms with Crippen molar-refractivity contribution in [3.63, 3.8) is 0 Å². The van der Waals surface area contributed by atoms with Gasteiger partial charge in [-0.2, -0.15) is 0 Å². The number of rotatable bonds is 2. The minimum atomic E-state index is -0.398. The zero-order valence-corrected chi connectivity index (χ0v) is 10.6. The maximum Gasteiger partial charge on any atom is 0.227 e. The topological polar surface area (TPSA) is 56.3 Å². The second-order valence-corrected chi connectivity index (χ2v) is 5.02. The molecule has 3 rings (SSSR count). The van der Waals surface area contributed by atoms with Gasteiger partial charge in [0.25, 0.3) is 0 Å². The minimum Gasteiger partial charge on any atom is -0.389 e. The molecule has 2 heterocycles. The molecule has 0 bridgehead atoms. The van der Waals surface area contributed by atoms with E-state index in [1.54, 1.807) is 11.0 Å². The fourth-order valence-electron chi connectivity index (χ4n) is 2.52. The van der Waals surface area contributed by atoms with Crippen LogP contribution in [-0.4, -0.2) is 40.1 Å². The van der Waals surface area contributed by atoms with E-state index < -0.39 is 6.10 Å². The second kappa shape index (κ2) is 4.35. The quantitative estimate of drug-likeness (QED) is 0.858. The molecule has 1 aliphatic rings. The Kier molecular flexibility index (Phi) is 2.78. The highest BCUT2D eigenvalue weighted by Crippen LogP contribution is 2.25. The fourth-order valence-corrected chi connectivity index (χ4v) is 2.52. The molecule has 0 aliphatic carbocycles. The van der Waals surface area contributed by atoms with E-state index in [9.17, 15) is 14.3 Å². The number of nitrogens with zero attached hydrogens (tertiary/aromatic N) is 1. The lowest BCUT2D eigenvalue weighted by Gasteiger charge is -2.35. The zero-order chi connectivity index (χ0) is 13.6. The van der Waals surface area contributed by atoms with Gasteiger partial charge in [0.05, 0.1) is 18.0 Å². The number of aromatic nitrogens is 1. The van der Waals surface area contributed by atoms with E-state index in [-0.39, 0.29) is 18.1 Å². The summed E-state index contributed by atoms with van der Waals surface area (Å²) in [5.41, 5.74) is 2.10. The number of aliphatic hydroxyl groups is 1. The number of aromatic amines is 1. The number of H-pyrrole nitrogens is 1. The Balaban J connectivity index is 1.90. The van der Waals surface area contributed by atoms with Crippen molar-refractivity contribution in [3.05, 3.63) is 35.3 Å². The maximum absolute atomic E-state index is 13.6. The van der Waals surface area contributed by atoms with E-state index in [1.165, 1.54) is 6.07 Å². The number of nitrogens with one attached hydrogen (secondary N) is 1. The zero-order valence-electron chi connectivity index (χ0n) is 10.6. The smallest absolute Gasteiger partial charge is 0.227 e. The number of aryl methyl sites for hydroxylation is 1. The average molecular weight is 262 g/mol. The SMILES string of the molecule is Cc1[nH]c2c(F)cccc2c1CC(=O)N1CC(O)C1. The molecule has 4 nitrogen and oxygen atoms in total. The van der Waals surface area contributed by atoms with Gasteiger partial charge in [0.2, 0.25) is 5.91 Å². The van der Waals surface area contributed by atoms with Crippen molar-refractivity contribution in [2.75, 3.05) is 13.1 Å². The van der Waals surface area contributed by atoms with Crippen molar-refractivity contribution >= 4 is 16.8 Å². The number of halogens is 1. The Bertz CT molecular complexity index is 644. The van der Waals surface area contributed by atoms with Gasteiger partial charge in [0.15, 0.2) is 0 Å². The molecule has 1 fully saturated rings. The highest BCUT2D eigenvalue weighted by atomic mass is 19.1. The summed E-state index contributed by atoms with van der Waals surface area (Å²) in [6.45, 7) is 2.64. The molecule has 0 spiro atoms. The highest BCUT2D eigenvalue weighted by molar-refractivity contribution is 5.90. The van der Waals surface area contributed by atoms with Crippen molar-refractivity contribution in [1.82, 2.24) is 9.88 Å². The molecular formula is C14H15FN2O2. The molecule has 0 radical (unpaired) electrons. The number of carbonyl (C=O) groups is 1. The van der Waals surface area contributed by atoms with Crippen LogP contribution in [0.3, 0.4) is 0 Å². The Morgan fingerprint density at radius 3 is 2.95 bits per heavy atom. The molecule has 19 heavy (non-hydrogen) atoms. The lowest BCUT2D eigenvalue weighted by atomic mass is 10.0. The predicted molar refractivity (Wildman–Crippen MR) is 69.3 cm³/mol. The molecule has 100 valence electrons. The van der Waals surface area contributed by atoms with Gasteiger partial charge in [-0.05, 0) is 18.6 Å². The van der Waals surface area contributed by atoms with Crippen molar-refractivity contribution in [2.24, 2.45) is 0 Å². The average Bonchev–Trinajstić information content (AvgIpc) is 2.64. The summed E-state index contributed by atoms with van der Waals surface area (Å²) in [4.78, 5) is 16.6. The molecular weight excluding hydrogens is 247 g/mol. The molecule has 5 heteroatoms. The van der Waals surface area contributed by atoms with Crippen LogP contribution in [0.4, 0.5) is 4.39 Å². The van der Waals surface area contributed by atoms with Gasteiger partial charge in [-0.15, -0.1) is 0 Å². The Labute approximate surface area is 109 Å². The number of β-amino-alcohol motifs (C(OH)–C–C–N with tert-alkyl or cyclic N) is 1. The molecule has 1 aromatic heterocycles. The molecule has 1 aromatic carbocycles. The van der Waals surface area contributed by atoms with Gasteiger partial charge in [-0.3, -0.25) is 4.79 Å². The van der Waals surface area contributed by atoms with Crippen molar-refractivity contribution in [2.45, 2.75) is 19.4 Å². The summed E-state index contributed by atoms with van der Waals surface area (Å²) >= 11 is 0. The monoisotopic (exact) mass is 262 g/mol. The molecule has 0 saturated carbocycles. The van der Waals surface area contributed by atoms with Gasteiger partial charge in [0, 0.05) is 24.2 Å². The van der Waals surface area contributed by atoms with E-state index in [0.717, 1.165) is 16.6 Å². The number of hydrogen-bond acceptors (Lipinski definition) is 2. The van der Waals surface area contributed by atoms with Crippen LogP contribution in [0.5, 0.6) is 0 Å². The number of carbonyl (C=O) groups excluding carboxylic acids is 1. The van der Waals surface area contributed by atoms with Crippen molar-refractivity contribution in [3.8, 4) is 0 Å². The van der Waals surface area contributed by atoms with E-state index in [0.29, 0.717) is 18.6 Å². The standard InChI is InChI=1S/C14H15FN2O2/c1-8-11(5-13(19)17-6-9(18)7-17)10-3-2-4-12(15)14(10)16-8/h2-4,9,16,18H,5-7H2,1H3. The van der Waals surface area contributed by atoms with E-state index in [1.807, 2.05) is 13.0 Å². The molecule has 1 saturated heterocycles. The first-order chi connectivity index (χ1) is 9.06. The number of fused-ring (bicyclic) bond motifs is 1. The molecule has 2 N–H and O–H groups in total. The fraction of sp³-hybridized carbons (Fsp3) is 0.357. The van der Waals surface area contributed by atoms with Crippen LogP contribution in [0.15, 0.2) is 18.2 Å². The number of amides is 1. The third kappa shape index (κ3) is 2.00. The van der Waals surface area contributed by atoms with Crippen molar-refractivity contribution < 1.29 is 14.3 Å². The Morgan fingerprint density at radius 1 is 1.53 bits per heavy atom.